The van der Waals surface area contributed by atoms with Crippen molar-refractivity contribution in [2.75, 3.05) is 12.4 Å². The van der Waals surface area contributed by atoms with Crippen LogP contribution in [0.3, 0.4) is 0 Å². The van der Waals surface area contributed by atoms with Gasteiger partial charge in [-0.05, 0) is 61.9 Å². The molecule has 0 aliphatic carbocycles. The topological polar surface area (TPSA) is 51.2 Å². The average Bonchev–Trinajstić information content (AvgIpc) is 2.85. The van der Waals surface area contributed by atoms with Gasteiger partial charge in [-0.2, -0.15) is 0 Å². The molecule has 0 fully saturated rings. The lowest BCUT2D eigenvalue weighted by Crippen LogP contribution is -2.17. The molecular formula is C30H38N2O2. The minimum Gasteiger partial charge on any atom is -0.496 e. The first kappa shape index (κ1) is 25.5. The number of benzene rings is 2. The van der Waals surface area contributed by atoms with Gasteiger partial charge in [0.1, 0.15) is 5.75 Å². The Kier molecular flexibility index (Phi) is 9.69. The van der Waals surface area contributed by atoms with Crippen LogP contribution in [0.25, 0.3) is 16.5 Å². The van der Waals surface area contributed by atoms with E-state index in [0.29, 0.717) is 5.56 Å². The maximum atomic E-state index is 13.8. The first-order valence-electron chi connectivity index (χ1n) is 12.6. The van der Waals surface area contributed by atoms with E-state index in [1.807, 2.05) is 43.3 Å². The van der Waals surface area contributed by atoms with Gasteiger partial charge < -0.3 is 10.1 Å². The normalized spacial score (nSPS) is 11.6. The number of ether oxygens (including phenoxy) is 1. The molecule has 0 saturated carbocycles. The van der Waals surface area contributed by atoms with Crippen molar-refractivity contribution in [3.63, 3.8) is 0 Å². The number of aromatic nitrogens is 1. The molecule has 4 heteroatoms. The predicted octanol–water partition coefficient (Wildman–Crippen LogP) is 8.35. The first-order valence-corrected chi connectivity index (χ1v) is 12.6. The SMILES string of the molecule is CCCCC/C=C(\CCCCC)c1ccc(OC)c(C)c1C(=O)Nc1cccc2cccnc12. The number of unbranched alkanes of at least 4 members (excludes halogenated alkanes) is 5. The molecule has 4 nitrogen and oxygen atoms in total. The molecule has 3 rings (SSSR count). The van der Waals surface area contributed by atoms with E-state index in [4.69, 9.17) is 4.74 Å². The highest BCUT2D eigenvalue weighted by Crippen LogP contribution is 2.33. The van der Waals surface area contributed by atoms with Crippen LogP contribution < -0.4 is 10.1 Å². The molecule has 3 aromatic rings. The van der Waals surface area contributed by atoms with Crippen molar-refractivity contribution in [3.8, 4) is 5.75 Å². The maximum absolute atomic E-state index is 13.8. The van der Waals surface area contributed by atoms with Crippen LogP contribution in [0.15, 0.2) is 54.7 Å². The van der Waals surface area contributed by atoms with Crippen LogP contribution in [-0.2, 0) is 0 Å². The van der Waals surface area contributed by atoms with Crippen molar-refractivity contribution in [3.05, 3.63) is 71.4 Å². The number of pyridine rings is 1. The molecule has 0 aliphatic heterocycles. The lowest BCUT2D eigenvalue weighted by atomic mass is 9.90. The summed E-state index contributed by atoms with van der Waals surface area (Å²) in [6, 6.07) is 13.8. The molecule has 0 spiro atoms. The summed E-state index contributed by atoms with van der Waals surface area (Å²) in [5, 5.41) is 4.15. The largest absolute Gasteiger partial charge is 0.496 e. The Morgan fingerprint density at radius 2 is 1.76 bits per heavy atom. The van der Waals surface area contributed by atoms with Crippen LogP contribution in [-0.4, -0.2) is 18.0 Å². The van der Waals surface area contributed by atoms with Gasteiger partial charge in [0.15, 0.2) is 0 Å². The fourth-order valence-corrected chi connectivity index (χ4v) is 4.45. The fourth-order valence-electron chi connectivity index (χ4n) is 4.45. The monoisotopic (exact) mass is 458 g/mol. The van der Waals surface area contributed by atoms with E-state index in [1.54, 1.807) is 13.3 Å². The van der Waals surface area contributed by atoms with E-state index < -0.39 is 0 Å². The molecule has 1 amide bonds. The van der Waals surface area contributed by atoms with Crippen LogP contribution in [0.2, 0.25) is 0 Å². The Labute approximate surface area is 204 Å². The van der Waals surface area contributed by atoms with Gasteiger partial charge in [-0.25, -0.2) is 0 Å². The van der Waals surface area contributed by atoms with Gasteiger partial charge >= 0.3 is 0 Å². The number of methoxy groups -OCH3 is 1. The van der Waals surface area contributed by atoms with Crippen LogP contribution in [0.5, 0.6) is 5.75 Å². The summed E-state index contributed by atoms with van der Waals surface area (Å²) in [6.07, 6.45) is 13.2. The number of carbonyl (C=O) groups is 1. The van der Waals surface area contributed by atoms with Crippen LogP contribution in [0.4, 0.5) is 5.69 Å². The van der Waals surface area contributed by atoms with E-state index in [-0.39, 0.29) is 5.91 Å². The smallest absolute Gasteiger partial charge is 0.256 e. The minimum absolute atomic E-state index is 0.125. The summed E-state index contributed by atoms with van der Waals surface area (Å²) < 4.78 is 5.59. The van der Waals surface area contributed by atoms with E-state index in [9.17, 15) is 4.79 Å². The molecule has 0 unspecified atom stereocenters. The molecule has 1 aromatic heterocycles. The van der Waals surface area contributed by atoms with Crippen molar-refractivity contribution in [1.29, 1.82) is 0 Å². The van der Waals surface area contributed by atoms with Gasteiger partial charge in [0.05, 0.1) is 23.9 Å². The van der Waals surface area contributed by atoms with Gasteiger partial charge in [-0.15, -0.1) is 0 Å². The second-order valence-corrected chi connectivity index (χ2v) is 8.83. The Hall–Kier alpha value is -3.14. The van der Waals surface area contributed by atoms with Crippen molar-refractivity contribution in [2.24, 2.45) is 0 Å². The number of anilines is 1. The van der Waals surface area contributed by atoms with Crippen LogP contribution in [0, 0.1) is 6.92 Å². The second kappa shape index (κ2) is 12.9. The number of nitrogens with zero attached hydrogens (tertiary/aromatic N) is 1. The Bertz CT molecular complexity index is 1130. The molecule has 2 aromatic carbocycles. The summed E-state index contributed by atoms with van der Waals surface area (Å²) in [6.45, 7) is 6.42. The highest BCUT2D eigenvalue weighted by atomic mass is 16.5. The zero-order chi connectivity index (χ0) is 24.3. The minimum atomic E-state index is -0.125. The molecule has 0 radical (unpaired) electrons. The summed E-state index contributed by atoms with van der Waals surface area (Å²) >= 11 is 0. The molecule has 1 heterocycles. The number of para-hydroxylation sites is 1. The summed E-state index contributed by atoms with van der Waals surface area (Å²) in [7, 11) is 1.65. The van der Waals surface area contributed by atoms with E-state index in [2.05, 4.69) is 36.3 Å². The number of rotatable bonds is 12. The molecular weight excluding hydrogens is 420 g/mol. The lowest BCUT2D eigenvalue weighted by molar-refractivity contribution is 0.102. The van der Waals surface area contributed by atoms with Crippen molar-refractivity contribution in [1.82, 2.24) is 4.98 Å². The van der Waals surface area contributed by atoms with Crippen LogP contribution in [0.1, 0.15) is 86.7 Å². The Balaban J connectivity index is 2.02. The summed E-state index contributed by atoms with van der Waals surface area (Å²) in [5.74, 6) is 0.600. The quantitative estimate of drug-likeness (QED) is 0.277. The number of allylic oxidation sites excluding steroid dienone is 2. The standard InChI is InChI=1S/C30H38N2O2/c1-5-7-9-11-15-23(14-10-8-6-2)25-19-20-27(34-4)22(3)28(25)30(33)32-26-18-12-16-24-17-13-21-31-29(24)26/h12-13,15-21H,5-11,14H2,1-4H3,(H,32,33)/b23-15+. The molecule has 34 heavy (non-hydrogen) atoms. The number of nitrogens with one attached hydrogen (secondary N) is 1. The van der Waals surface area contributed by atoms with Gasteiger partial charge in [0, 0.05) is 17.1 Å². The first-order chi connectivity index (χ1) is 16.6. The zero-order valence-electron chi connectivity index (χ0n) is 21.1. The summed E-state index contributed by atoms with van der Waals surface area (Å²) in [5.41, 5.74) is 5.33. The number of amides is 1. The van der Waals surface area contributed by atoms with E-state index >= 15 is 0 Å². The Morgan fingerprint density at radius 3 is 2.53 bits per heavy atom. The third-order valence-electron chi connectivity index (χ3n) is 6.34. The predicted molar refractivity (Wildman–Crippen MR) is 144 cm³/mol. The van der Waals surface area contributed by atoms with Gasteiger partial charge in [0.25, 0.3) is 5.91 Å². The number of carbonyl (C=O) groups excluding carboxylic acids is 1. The summed E-state index contributed by atoms with van der Waals surface area (Å²) in [4.78, 5) is 18.3. The molecule has 1 N–H and O–H groups in total. The third kappa shape index (κ3) is 6.25. The highest BCUT2D eigenvalue weighted by Gasteiger charge is 2.21. The van der Waals surface area contributed by atoms with Crippen molar-refractivity contribution >= 4 is 28.1 Å². The maximum Gasteiger partial charge on any atom is 0.256 e. The van der Waals surface area contributed by atoms with Crippen molar-refractivity contribution in [2.45, 2.75) is 72.1 Å². The molecule has 180 valence electrons. The van der Waals surface area contributed by atoms with E-state index in [0.717, 1.165) is 52.7 Å². The number of fused-ring (bicyclic) bond motifs is 1. The second-order valence-electron chi connectivity index (χ2n) is 8.83. The zero-order valence-corrected chi connectivity index (χ0v) is 21.1. The van der Waals surface area contributed by atoms with Gasteiger partial charge in [0.2, 0.25) is 0 Å². The third-order valence-corrected chi connectivity index (χ3v) is 6.34. The average molecular weight is 459 g/mol. The highest BCUT2D eigenvalue weighted by molar-refractivity contribution is 6.11. The number of hydrogen-bond donors (Lipinski definition) is 1. The van der Waals surface area contributed by atoms with Gasteiger partial charge in [-0.1, -0.05) is 69.9 Å². The van der Waals surface area contributed by atoms with E-state index in [1.165, 1.54) is 37.7 Å². The fraction of sp³-hybridized carbons (Fsp3) is 0.400. The Morgan fingerprint density at radius 1 is 1.00 bits per heavy atom. The molecule has 0 aliphatic rings. The van der Waals surface area contributed by atoms with Crippen LogP contribution >= 0.6 is 0 Å². The van der Waals surface area contributed by atoms with Gasteiger partial charge in [-0.3, -0.25) is 9.78 Å². The van der Waals surface area contributed by atoms with Crippen molar-refractivity contribution < 1.29 is 9.53 Å². The number of hydrogen-bond acceptors (Lipinski definition) is 3. The molecule has 0 bridgehead atoms. The molecule has 0 atom stereocenters. The lowest BCUT2D eigenvalue weighted by Gasteiger charge is -2.18. The molecule has 0 saturated heterocycles.